The second kappa shape index (κ2) is 6.28. The first-order valence-electron chi connectivity index (χ1n) is 8.65. The minimum atomic E-state index is 0.0626. The van der Waals surface area contributed by atoms with Gasteiger partial charge in [0.2, 0.25) is 0 Å². The highest BCUT2D eigenvalue weighted by Crippen LogP contribution is 2.43. The molecule has 0 heteroatoms. The number of aryl methyl sites for hydroxylation is 2. The highest BCUT2D eigenvalue weighted by atomic mass is 14.3. The van der Waals surface area contributed by atoms with Crippen LogP contribution in [0, 0.1) is 13.8 Å². The molecule has 0 spiro atoms. The van der Waals surface area contributed by atoms with Crippen LogP contribution in [0.5, 0.6) is 0 Å². The zero-order chi connectivity index (χ0) is 17.3. The molecule has 0 saturated heterocycles. The molecule has 0 aliphatic heterocycles. The van der Waals surface area contributed by atoms with Gasteiger partial charge in [-0.15, -0.1) is 0 Å². The summed E-state index contributed by atoms with van der Waals surface area (Å²) in [4.78, 5) is 0. The average Bonchev–Trinajstić information content (AvgIpc) is 2.55. The second-order valence-electron chi connectivity index (χ2n) is 7.62. The van der Waals surface area contributed by atoms with Crippen LogP contribution in [-0.4, -0.2) is 0 Å². The van der Waals surface area contributed by atoms with Crippen molar-refractivity contribution in [1.82, 2.24) is 0 Å². The lowest BCUT2D eigenvalue weighted by Crippen LogP contribution is -2.16. The van der Waals surface area contributed by atoms with Crippen molar-refractivity contribution >= 4 is 0 Å². The molecule has 0 amide bonds. The van der Waals surface area contributed by atoms with Crippen molar-refractivity contribution in [3.05, 3.63) is 83.4 Å². The van der Waals surface area contributed by atoms with E-state index in [1.165, 1.54) is 38.9 Å². The van der Waals surface area contributed by atoms with Gasteiger partial charge in [-0.1, -0.05) is 87.5 Å². The summed E-state index contributed by atoms with van der Waals surface area (Å²) in [6, 6.07) is 23.9. The summed E-state index contributed by atoms with van der Waals surface area (Å²) in [7, 11) is 0. The van der Waals surface area contributed by atoms with E-state index in [2.05, 4.69) is 101 Å². The fourth-order valence-corrected chi connectivity index (χ4v) is 3.69. The first kappa shape index (κ1) is 16.5. The van der Waals surface area contributed by atoms with Gasteiger partial charge < -0.3 is 0 Å². The Morgan fingerprint density at radius 3 is 1.29 bits per heavy atom. The van der Waals surface area contributed by atoms with Gasteiger partial charge in [-0.3, -0.25) is 0 Å². The van der Waals surface area contributed by atoms with Crippen molar-refractivity contribution in [3.8, 4) is 22.3 Å². The van der Waals surface area contributed by atoms with Crippen LogP contribution >= 0.6 is 0 Å². The molecule has 3 aromatic carbocycles. The molecular weight excluding hydrogens is 288 g/mol. The van der Waals surface area contributed by atoms with Crippen LogP contribution in [0.4, 0.5) is 0 Å². The molecule has 0 fully saturated rings. The zero-order valence-electron chi connectivity index (χ0n) is 15.4. The second-order valence-corrected chi connectivity index (χ2v) is 7.62. The third kappa shape index (κ3) is 3.01. The summed E-state index contributed by atoms with van der Waals surface area (Å²) < 4.78 is 0. The predicted octanol–water partition coefficient (Wildman–Crippen LogP) is 6.93. The summed E-state index contributed by atoms with van der Waals surface area (Å²) >= 11 is 0. The molecule has 3 rings (SSSR count). The van der Waals surface area contributed by atoms with Crippen LogP contribution in [0.15, 0.2) is 66.7 Å². The summed E-state index contributed by atoms with van der Waals surface area (Å²) in [5.74, 6) is 0. The molecule has 0 N–H and O–H groups in total. The average molecular weight is 314 g/mol. The van der Waals surface area contributed by atoms with Gasteiger partial charge in [0.05, 0.1) is 0 Å². The molecule has 0 bridgehead atoms. The summed E-state index contributed by atoms with van der Waals surface area (Å²) in [6.07, 6.45) is 0. The summed E-state index contributed by atoms with van der Waals surface area (Å²) in [6.45, 7) is 11.4. The van der Waals surface area contributed by atoms with Gasteiger partial charge in [-0.05, 0) is 58.2 Å². The van der Waals surface area contributed by atoms with Gasteiger partial charge in [0, 0.05) is 0 Å². The Bertz CT molecular complexity index is 771. The molecule has 0 aliphatic rings. The molecule has 0 unspecified atom stereocenters. The molecule has 0 aromatic heterocycles. The highest BCUT2D eigenvalue weighted by Gasteiger charge is 2.26. The monoisotopic (exact) mass is 314 g/mol. The molecule has 0 nitrogen and oxygen atoms in total. The van der Waals surface area contributed by atoms with E-state index in [1.54, 1.807) is 0 Å². The number of rotatable bonds is 2. The normalized spacial score (nSPS) is 11.5. The molecule has 24 heavy (non-hydrogen) atoms. The van der Waals surface area contributed by atoms with Gasteiger partial charge >= 0.3 is 0 Å². The molecular formula is C24H26. The molecule has 122 valence electrons. The Labute approximate surface area is 146 Å². The summed E-state index contributed by atoms with van der Waals surface area (Å²) in [5.41, 5.74) is 9.57. The van der Waals surface area contributed by atoms with E-state index in [4.69, 9.17) is 0 Å². The number of hydrogen-bond acceptors (Lipinski definition) is 0. The number of hydrogen-bond donors (Lipinski definition) is 0. The van der Waals surface area contributed by atoms with Gasteiger partial charge in [0.25, 0.3) is 0 Å². The van der Waals surface area contributed by atoms with Crippen molar-refractivity contribution in [2.75, 3.05) is 0 Å². The third-order valence-corrected chi connectivity index (χ3v) is 4.60. The van der Waals surface area contributed by atoms with Gasteiger partial charge in [0.1, 0.15) is 0 Å². The van der Waals surface area contributed by atoms with Crippen molar-refractivity contribution in [2.24, 2.45) is 0 Å². The Morgan fingerprint density at radius 2 is 0.958 bits per heavy atom. The molecule has 0 saturated carbocycles. The van der Waals surface area contributed by atoms with Gasteiger partial charge in [-0.25, -0.2) is 0 Å². The van der Waals surface area contributed by atoms with E-state index in [0.29, 0.717) is 0 Å². The maximum atomic E-state index is 2.33. The minimum absolute atomic E-state index is 0.0626. The first-order valence-corrected chi connectivity index (χ1v) is 8.65. The lowest BCUT2D eigenvalue weighted by molar-refractivity contribution is 0.593. The molecule has 3 aromatic rings. The molecule has 0 atom stereocenters. The van der Waals surface area contributed by atoms with E-state index in [0.717, 1.165) is 0 Å². The maximum absolute atomic E-state index is 2.33. The zero-order valence-corrected chi connectivity index (χ0v) is 15.4. The van der Waals surface area contributed by atoms with Crippen LogP contribution in [-0.2, 0) is 5.41 Å². The standard InChI is InChI=1S/C24H26/c1-17-16-18(2)22(20-14-10-7-11-15-20)23(24(3,4)5)21(17)19-12-8-6-9-13-19/h6-16H,1-5H3. The lowest BCUT2D eigenvalue weighted by Gasteiger charge is -2.30. The van der Waals surface area contributed by atoms with E-state index in [1.807, 2.05) is 0 Å². The van der Waals surface area contributed by atoms with E-state index in [9.17, 15) is 0 Å². The SMILES string of the molecule is Cc1cc(C)c(-c2ccccc2)c(C(C)(C)C)c1-c1ccccc1. The highest BCUT2D eigenvalue weighted by molar-refractivity contribution is 5.84. The van der Waals surface area contributed by atoms with Crippen molar-refractivity contribution in [3.63, 3.8) is 0 Å². The van der Waals surface area contributed by atoms with E-state index >= 15 is 0 Å². The van der Waals surface area contributed by atoms with Crippen molar-refractivity contribution in [1.29, 1.82) is 0 Å². The predicted molar refractivity (Wildman–Crippen MR) is 105 cm³/mol. The molecule has 0 aliphatic carbocycles. The fraction of sp³-hybridized carbons (Fsp3) is 0.250. The van der Waals surface area contributed by atoms with Crippen LogP contribution in [0.25, 0.3) is 22.3 Å². The fourth-order valence-electron chi connectivity index (χ4n) is 3.69. The largest absolute Gasteiger partial charge is 0.0622 e. The first-order chi connectivity index (χ1) is 11.4. The summed E-state index contributed by atoms with van der Waals surface area (Å²) in [5, 5.41) is 0. The van der Waals surface area contributed by atoms with Crippen LogP contribution in [0.3, 0.4) is 0 Å². The lowest BCUT2D eigenvalue weighted by atomic mass is 9.74. The molecule has 0 heterocycles. The Hall–Kier alpha value is -2.34. The third-order valence-electron chi connectivity index (χ3n) is 4.60. The van der Waals surface area contributed by atoms with Crippen LogP contribution in [0.2, 0.25) is 0 Å². The van der Waals surface area contributed by atoms with E-state index in [-0.39, 0.29) is 5.41 Å². The Morgan fingerprint density at radius 1 is 0.583 bits per heavy atom. The number of benzene rings is 3. The van der Waals surface area contributed by atoms with Gasteiger partial charge in [-0.2, -0.15) is 0 Å². The van der Waals surface area contributed by atoms with Crippen molar-refractivity contribution in [2.45, 2.75) is 40.0 Å². The Balaban J connectivity index is 2.43. The molecule has 0 radical (unpaired) electrons. The van der Waals surface area contributed by atoms with Crippen LogP contribution in [0.1, 0.15) is 37.5 Å². The topological polar surface area (TPSA) is 0 Å². The van der Waals surface area contributed by atoms with Gasteiger partial charge in [0.15, 0.2) is 0 Å². The maximum Gasteiger partial charge on any atom is -0.0111 e. The minimum Gasteiger partial charge on any atom is -0.0622 e. The quantitative estimate of drug-likeness (QED) is 0.481. The van der Waals surface area contributed by atoms with Crippen molar-refractivity contribution < 1.29 is 0 Å². The van der Waals surface area contributed by atoms with Crippen LogP contribution < -0.4 is 0 Å². The Kier molecular flexibility index (Phi) is 4.32. The van der Waals surface area contributed by atoms with E-state index < -0.39 is 0 Å². The smallest absolute Gasteiger partial charge is 0.0111 e.